The number of hydrogen-bond donors (Lipinski definition) is 2. The molecule has 1 unspecified atom stereocenters. The van der Waals surface area contributed by atoms with Crippen molar-refractivity contribution < 1.29 is 19.5 Å². The van der Waals surface area contributed by atoms with Crippen LogP contribution in [0.3, 0.4) is 0 Å². The number of rotatable bonds is 5. The predicted molar refractivity (Wildman–Crippen MR) is 99.8 cm³/mol. The molecule has 27 heavy (non-hydrogen) atoms. The van der Waals surface area contributed by atoms with Gasteiger partial charge in [-0.2, -0.15) is 0 Å². The SMILES string of the molecule is CC(C)(CNC(=O)C1CCCN1C(=O)C12CC3CC(CC(C3)C1)C2)C(=O)O. The highest BCUT2D eigenvalue weighted by Gasteiger charge is 2.56. The highest BCUT2D eigenvalue weighted by molar-refractivity contribution is 5.91. The smallest absolute Gasteiger partial charge is 0.310 e. The molecule has 2 N–H and O–H groups in total. The van der Waals surface area contributed by atoms with Gasteiger partial charge < -0.3 is 15.3 Å². The van der Waals surface area contributed by atoms with Gasteiger partial charge in [-0.05, 0) is 83.0 Å². The highest BCUT2D eigenvalue weighted by Crippen LogP contribution is 2.60. The van der Waals surface area contributed by atoms with E-state index in [4.69, 9.17) is 0 Å². The lowest BCUT2D eigenvalue weighted by atomic mass is 9.49. The summed E-state index contributed by atoms with van der Waals surface area (Å²) in [6.07, 6.45) is 8.43. The molecule has 0 spiro atoms. The van der Waals surface area contributed by atoms with Gasteiger partial charge in [0.25, 0.3) is 0 Å². The lowest BCUT2D eigenvalue weighted by molar-refractivity contribution is -0.160. The van der Waals surface area contributed by atoms with E-state index in [1.165, 1.54) is 19.3 Å². The van der Waals surface area contributed by atoms with Crippen molar-refractivity contribution in [2.75, 3.05) is 13.1 Å². The molecule has 6 nitrogen and oxygen atoms in total. The summed E-state index contributed by atoms with van der Waals surface area (Å²) in [5, 5.41) is 12.0. The van der Waals surface area contributed by atoms with Gasteiger partial charge in [-0.25, -0.2) is 0 Å². The molecular formula is C21H32N2O4. The Morgan fingerprint density at radius 2 is 1.63 bits per heavy atom. The molecule has 5 rings (SSSR count). The summed E-state index contributed by atoms with van der Waals surface area (Å²) >= 11 is 0. The largest absolute Gasteiger partial charge is 0.481 e. The van der Waals surface area contributed by atoms with Gasteiger partial charge in [0, 0.05) is 13.1 Å². The molecule has 4 aliphatic carbocycles. The molecule has 150 valence electrons. The van der Waals surface area contributed by atoms with Crippen molar-refractivity contribution in [1.29, 1.82) is 0 Å². The number of carboxylic acid groups (broad SMARTS) is 1. The second kappa shape index (κ2) is 6.49. The Kier molecular flexibility index (Phi) is 4.51. The van der Waals surface area contributed by atoms with E-state index in [0.29, 0.717) is 30.7 Å². The molecule has 4 saturated carbocycles. The summed E-state index contributed by atoms with van der Waals surface area (Å²) in [5.41, 5.74) is -1.24. The molecule has 1 aliphatic heterocycles. The Hall–Kier alpha value is -1.59. The summed E-state index contributed by atoms with van der Waals surface area (Å²) < 4.78 is 0. The fourth-order valence-corrected chi connectivity index (χ4v) is 6.46. The number of carboxylic acids is 1. The molecule has 0 aromatic rings. The molecular weight excluding hydrogens is 344 g/mol. The van der Waals surface area contributed by atoms with E-state index >= 15 is 0 Å². The van der Waals surface area contributed by atoms with Gasteiger partial charge in [0.1, 0.15) is 6.04 Å². The maximum atomic E-state index is 13.6. The van der Waals surface area contributed by atoms with Crippen LogP contribution in [0.4, 0.5) is 0 Å². The lowest BCUT2D eigenvalue weighted by Crippen LogP contribution is -2.57. The topological polar surface area (TPSA) is 86.7 Å². The van der Waals surface area contributed by atoms with Crippen LogP contribution in [0.15, 0.2) is 0 Å². The quantitative estimate of drug-likeness (QED) is 0.771. The summed E-state index contributed by atoms with van der Waals surface area (Å²) in [6.45, 7) is 3.93. The number of nitrogens with one attached hydrogen (secondary N) is 1. The number of hydrogen-bond acceptors (Lipinski definition) is 3. The van der Waals surface area contributed by atoms with E-state index in [1.807, 2.05) is 4.90 Å². The third-order valence-electron chi connectivity index (χ3n) is 7.59. The van der Waals surface area contributed by atoms with Crippen LogP contribution in [0.25, 0.3) is 0 Å². The van der Waals surface area contributed by atoms with E-state index in [1.54, 1.807) is 13.8 Å². The normalized spacial score (nSPS) is 37.5. The highest BCUT2D eigenvalue weighted by atomic mass is 16.4. The first-order chi connectivity index (χ1) is 12.7. The molecule has 2 amide bonds. The average Bonchev–Trinajstić information content (AvgIpc) is 3.07. The first kappa shape index (κ1) is 18.8. The summed E-state index contributed by atoms with van der Waals surface area (Å²) in [7, 11) is 0. The van der Waals surface area contributed by atoms with E-state index in [0.717, 1.165) is 25.7 Å². The molecule has 0 radical (unpaired) electrons. The second-order valence-electron chi connectivity index (χ2n) is 10.3. The molecule has 1 atom stereocenters. The molecule has 6 heteroatoms. The van der Waals surface area contributed by atoms with Crippen molar-refractivity contribution >= 4 is 17.8 Å². The van der Waals surface area contributed by atoms with Gasteiger partial charge in [0.2, 0.25) is 11.8 Å². The second-order valence-corrected chi connectivity index (χ2v) is 10.3. The van der Waals surface area contributed by atoms with Gasteiger partial charge in [-0.15, -0.1) is 0 Å². The number of carbonyl (C=O) groups excluding carboxylic acids is 2. The molecule has 1 saturated heterocycles. The molecule has 5 aliphatic rings. The minimum Gasteiger partial charge on any atom is -0.481 e. The minimum atomic E-state index is -1.01. The monoisotopic (exact) mass is 376 g/mol. The Labute approximate surface area is 161 Å². The van der Waals surface area contributed by atoms with E-state index < -0.39 is 17.4 Å². The molecule has 4 bridgehead atoms. The minimum absolute atomic E-state index is 0.0804. The Bertz CT molecular complexity index is 621. The Morgan fingerprint density at radius 3 is 2.15 bits per heavy atom. The van der Waals surface area contributed by atoms with Crippen LogP contribution < -0.4 is 5.32 Å². The van der Waals surface area contributed by atoms with Gasteiger partial charge in [-0.3, -0.25) is 14.4 Å². The third-order valence-corrected chi connectivity index (χ3v) is 7.59. The van der Waals surface area contributed by atoms with Crippen LogP contribution >= 0.6 is 0 Å². The van der Waals surface area contributed by atoms with Gasteiger partial charge in [0.05, 0.1) is 10.8 Å². The van der Waals surface area contributed by atoms with Crippen LogP contribution in [-0.2, 0) is 14.4 Å². The van der Waals surface area contributed by atoms with Gasteiger partial charge >= 0.3 is 5.97 Å². The van der Waals surface area contributed by atoms with Crippen molar-refractivity contribution in [1.82, 2.24) is 10.2 Å². The molecule has 5 fully saturated rings. The van der Waals surface area contributed by atoms with E-state index in [9.17, 15) is 19.5 Å². The Morgan fingerprint density at radius 1 is 1.07 bits per heavy atom. The fraction of sp³-hybridized carbons (Fsp3) is 0.857. The molecule has 0 aromatic heterocycles. The first-order valence-corrected chi connectivity index (χ1v) is 10.5. The number of amides is 2. The summed E-state index contributed by atoms with van der Waals surface area (Å²) in [5.74, 6) is 1.18. The zero-order valence-corrected chi connectivity index (χ0v) is 16.5. The van der Waals surface area contributed by atoms with Gasteiger partial charge in [-0.1, -0.05) is 0 Å². The van der Waals surface area contributed by atoms with Crippen molar-refractivity contribution in [3.05, 3.63) is 0 Å². The summed E-state index contributed by atoms with van der Waals surface area (Å²) in [4.78, 5) is 39.4. The van der Waals surface area contributed by atoms with E-state index in [-0.39, 0.29) is 23.8 Å². The predicted octanol–water partition coefficient (Wildman–Crippen LogP) is 2.42. The lowest BCUT2D eigenvalue weighted by Gasteiger charge is -2.56. The Balaban J connectivity index is 1.44. The maximum Gasteiger partial charge on any atom is 0.310 e. The van der Waals surface area contributed by atoms with Crippen LogP contribution in [-0.4, -0.2) is 46.9 Å². The number of aliphatic carboxylic acids is 1. The van der Waals surface area contributed by atoms with Crippen molar-refractivity contribution in [3.8, 4) is 0 Å². The van der Waals surface area contributed by atoms with Gasteiger partial charge in [0.15, 0.2) is 0 Å². The van der Waals surface area contributed by atoms with Crippen molar-refractivity contribution in [2.24, 2.45) is 28.6 Å². The third kappa shape index (κ3) is 3.25. The fourth-order valence-electron chi connectivity index (χ4n) is 6.46. The van der Waals surface area contributed by atoms with Crippen molar-refractivity contribution in [2.45, 2.75) is 71.3 Å². The number of likely N-dealkylation sites (tertiary alicyclic amines) is 1. The van der Waals surface area contributed by atoms with E-state index in [2.05, 4.69) is 5.32 Å². The molecule has 0 aromatic carbocycles. The molecule has 1 heterocycles. The number of nitrogens with zero attached hydrogens (tertiary/aromatic N) is 1. The zero-order valence-electron chi connectivity index (χ0n) is 16.5. The zero-order chi connectivity index (χ0) is 19.4. The first-order valence-electron chi connectivity index (χ1n) is 10.5. The van der Waals surface area contributed by atoms with Crippen molar-refractivity contribution in [3.63, 3.8) is 0 Å². The van der Waals surface area contributed by atoms with Crippen LogP contribution in [0.1, 0.15) is 65.2 Å². The van der Waals surface area contributed by atoms with Crippen LogP contribution in [0.5, 0.6) is 0 Å². The number of carbonyl (C=O) groups is 3. The summed E-state index contributed by atoms with van der Waals surface area (Å²) in [6, 6.07) is -0.435. The van der Waals surface area contributed by atoms with Crippen LogP contribution in [0, 0.1) is 28.6 Å². The maximum absolute atomic E-state index is 13.6. The standard InChI is InChI=1S/C21H32N2O4/c1-20(2,19(26)27)12-22-17(24)16-4-3-5-23(16)18(25)21-9-13-6-14(10-21)8-15(7-13)11-21/h13-16H,3-12H2,1-2H3,(H,22,24)(H,26,27). The van der Waals surface area contributed by atoms with Crippen LogP contribution in [0.2, 0.25) is 0 Å². The average molecular weight is 376 g/mol.